The summed E-state index contributed by atoms with van der Waals surface area (Å²) in [5.41, 5.74) is 1.05. The Balaban J connectivity index is 1.36. The van der Waals surface area contributed by atoms with Crippen molar-refractivity contribution in [1.82, 2.24) is 34.4 Å². The summed E-state index contributed by atoms with van der Waals surface area (Å²) in [5.74, 6) is 0.796. The number of fused-ring (bicyclic) bond motifs is 5. The molecule has 28 heavy (non-hydrogen) atoms. The molecule has 3 aromatic heterocycles. The quantitative estimate of drug-likeness (QED) is 0.713. The third kappa shape index (κ3) is 3.07. The number of hydrogen-bond donors (Lipinski definition) is 1. The summed E-state index contributed by atoms with van der Waals surface area (Å²) in [5, 5.41) is 2.76. The lowest BCUT2D eigenvalue weighted by atomic mass is 9.95. The molecule has 9 nitrogen and oxygen atoms in total. The fraction of sp³-hybridized carbons (Fsp3) is 0.421. The Hall–Kier alpha value is -3.07. The van der Waals surface area contributed by atoms with E-state index in [0.29, 0.717) is 36.2 Å². The van der Waals surface area contributed by atoms with Crippen molar-refractivity contribution in [1.29, 1.82) is 0 Å². The van der Waals surface area contributed by atoms with Crippen molar-refractivity contribution >= 4 is 11.7 Å². The number of carbonyl (C=O) groups is 1. The molecule has 9 heteroatoms. The van der Waals surface area contributed by atoms with Crippen molar-refractivity contribution in [3.05, 3.63) is 58.5 Å². The SMILES string of the molecule is O=C(c1ccccn1)N1C[C@@H]2CC[C@H](C1)N(Cc1cc(=O)n3[nH]cnc3n1)C2. The predicted molar refractivity (Wildman–Crippen MR) is 101 cm³/mol. The molecule has 1 N–H and O–H groups in total. The number of aromatic amines is 1. The minimum atomic E-state index is -0.163. The lowest BCUT2D eigenvalue weighted by molar-refractivity contribution is 0.0730. The van der Waals surface area contributed by atoms with Crippen LogP contribution in [0.15, 0.2) is 41.6 Å². The first-order valence-corrected chi connectivity index (χ1v) is 9.54. The van der Waals surface area contributed by atoms with Gasteiger partial charge in [0, 0.05) is 44.5 Å². The van der Waals surface area contributed by atoms with Gasteiger partial charge < -0.3 is 4.90 Å². The van der Waals surface area contributed by atoms with E-state index in [-0.39, 0.29) is 17.5 Å². The Morgan fingerprint density at radius 1 is 1.18 bits per heavy atom. The van der Waals surface area contributed by atoms with Gasteiger partial charge in [0.05, 0.1) is 5.69 Å². The lowest BCUT2D eigenvalue weighted by Crippen LogP contribution is -2.44. The Kier molecular flexibility index (Phi) is 4.16. The zero-order valence-electron chi connectivity index (χ0n) is 15.4. The molecule has 3 aromatic rings. The van der Waals surface area contributed by atoms with Gasteiger partial charge in [-0.3, -0.25) is 24.6 Å². The highest BCUT2D eigenvalue weighted by Crippen LogP contribution is 2.29. The molecule has 0 unspecified atom stereocenters. The molecule has 0 aliphatic carbocycles. The standard InChI is InChI=1S/C19H21N7O2/c27-17-7-14(23-19-21-12-22-26(17)19)10-24-8-13-4-5-15(24)11-25(9-13)18(28)16-3-1-2-6-20-16/h1-3,6-7,12-13,15H,4-5,8-11H2,(H,21,22,23)/t13-,15-/m1/s1. The van der Waals surface area contributed by atoms with E-state index in [1.54, 1.807) is 18.3 Å². The Morgan fingerprint density at radius 2 is 2.11 bits per heavy atom. The van der Waals surface area contributed by atoms with Crippen LogP contribution in [0.4, 0.5) is 0 Å². The zero-order chi connectivity index (χ0) is 19.1. The number of aromatic nitrogens is 5. The number of hydrogen-bond acceptors (Lipinski definition) is 6. The maximum Gasteiger partial charge on any atom is 0.274 e. The summed E-state index contributed by atoms with van der Waals surface area (Å²) in [6.07, 6.45) is 5.27. The Bertz CT molecular complexity index is 1060. The molecule has 6 heterocycles. The molecule has 2 atom stereocenters. The highest BCUT2D eigenvalue weighted by molar-refractivity contribution is 5.92. The molecule has 3 saturated heterocycles. The van der Waals surface area contributed by atoms with Crippen LogP contribution in [0.25, 0.3) is 5.78 Å². The minimum Gasteiger partial charge on any atom is -0.335 e. The van der Waals surface area contributed by atoms with Crippen LogP contribution in [0.1, 0.15) is 29.0 Å². The number of nitrogens with one attached hydrogen (secondary N) is 1. The van der Waals surface area contributed by atoms with Crippen LogP contribution in [0.3, 0.4) is 0 Å². The molecule has 0 saturated carbocycles. The molecule has 1 amide bonds. The monoisotopic (exact) mass is 379 g/mol. The van der Waals surface area contributed by atoms with Crippen LogP contribution in [-0.2, 0) is 6.54 Å². The first kappa shape index (κ1) is 17.1. The zero-order valence-corrected chi connectivity index (χ0v) is 15.4. The molecule has 2 bridgehead atoms. The van der Waals surface area contributed by atoms with Gasteiger partial charge in [0.1, 0.15) is 12.0 Å². The van der Waals surface area contributed by atoms with Gasteiger partial charge in [-0.2, -0.15) is 4.52 Å². The first-order chi connectivity index (χ1) is 13.7. The van der Waals surface area contributed by atoms with Crippen molar-refractivity contribution in [2.24, 2.45) is 5.92 Å². The number of carbonyl (C=O) groups excluding carboxylic acids is 1. The average molecular weight is 379 g/mol. The number of amides is 1. The van der Waals surface area contributed by atoms with Gasteiger partial charge in [-0.05, 0) is 30.9 Å². The van der Waals surface area contributed by atoms with Crippen LogP contribution < -0.4 is 5.56 Å². The third-order valence-electron chi connectivity index (χ3n) is 5.68. The molecular formula is C19H21N7O2. The Labute approximate surface area is 161 Å². The van der Waals surface area contributed by atoms with E-state index >= 15 is 0 Å². The van der Waals surface area contributed by atoms with Crippen molar-refractivity contribution in [2.45, 2.75) is 25.4 Å². The molecule has 6 rings (SSSR count). The number of rotatable bonds is 3. The second-order valence-electron chi connectivity index (χ2n) is 7.56. The second kappa shape index (κ2) is 6.83. The smallest absolute Gasteiger partial charge is 0.274 e. The van der Waals surface area contributed by atoms with Crippen LogP contribution >= 0.6 is 0 Å². The predicted octanol–water partition coefficient (Wildman–Crippen LogP) is 0.549. The summed E-state index contributed by atoms with van der Waals surface area (Å²) in [4.78, 5) is 42.2. The van der Waals surface area contributed by atoms with Gasteiger partial charge in [0.2, 0.25) is 0 Å². The summed E-state index contributed by atoms with van der Waals surface area (Å²) in [6, 6.07) is 7.24. The van der Waals surface area contributed by atoms with Gasteiger partial charge >= 0.3 is 0 Å². The van der Waals surface area contributed by atoms with E-state index in [0.717, 1.165) is 25.9 Å². The molecule has 144 valence electrons. The summed E-state index contributed by atoms with van der Waals surface area (Å²) >= 11 is 0. The molecule has 3 aliphatic rings. The largest absolute Gasteiger partial charge is 0.335 e. The maximum atomic E-state index is 12.9. The van der Waals surface area contributed by atoms with E-state index in [2.05, 4.69) is 25.0 Å². The van der Waals surface area contributed by atoms with Gasteiger partial charge in [-0.1, -0.05) is 6.07 Å². The molecule has 0 radical (unpaired) electrons. The van der Waals surface area contributed by atoms with Crippen LogP contribution in [-0.4, -0.2) is 65.9 Å². The van der Waals surface area contributed by atoms with E-state index < -0.39 is 0 Å². The number of pyridine rings is 1. The summed E-state index contributed by atoms with van der Waals surface area (Å²) in [6.45, 7) is 2.91. The summed E-state index contributed by atoms with van der Waals surface area (Å²) in [7, 11) is 0. The van der Waals surface area contributed by atoms with Gasteiger partial charge in [0.25, 0.3) is 17.2 Å². The fourth-order valence-electron chi connectivity index (χ4n) is 4.35. The van der Waals surface area contributed by atoms with Crippen molar-refractivity contribution in [2.75, 3.05) is 19.6 Å². The highest BCUT2D eigenvalue weighted by atomic mass is 16.2. The minimum absolute atomic E-state index is 0.00587. The summed E-state index contributed by atoms with van der Waals surface area (Å²) < 4.78 is 1.32. The molecule has 3 fully saturated rings. The fourth-order valence-corrected chi connectivity index (χ4v) is 4.35. The van der Waals surface area contributed by atoms with Gasteiger partial charge in [-0.15, -0.1) is 0 Å². The molecule has 0 spiro atoms. The van der Waals surface area contributed by atoms with Crippen LogP contribution in [0, 0.1) is 5.92 Å². The maximum absolute atomic E-state index is 12.9. The van der Waals surface area contributed by atoms with Crippen LogP contribution in [0.2, 0.25) is 0 Å². The Morgan fingerprint density at radius 3 is 2.96 bits per heavy atom. The molecule has 3 aliphatic heterocycles. The second-order valence-corrected chi connectivity index (χ2v) is 7.56. The normalized spacial score (nSPS) is 22.5. The molecule has 0 aromatic carbocycles. The average Bonchev–Trinajstić information content (AvgIpc) is 3.00. The van der Waals surface area contributed by atoms with E-state index in [4.69, 9.17) is 0 Å². The number of H-pyrrole nitrogens is 1. The lowest BCUT2D eigenvalue weighted by Gasteiger charge is -2.35. The van der Waals surface area contributed by atoms with Crippen LogP contribution in [0.5, 0.6) is 0 Å². The number of nitrogens with zero attached hydrogens (tertiary/aromatic N) is 6. The van der Waals surface area contributed by atoms with Crippen molar-refractivity contribution in [3.8, 4) is 0 Å². The molecular weight excluding hydrogens is 358 g/mol. The third-order valence-corrected chi connectivity index (χ3v) is 5.68. The van der Waals surface area contributed by atoms with E-state index in [1.807, 2.05) is 17.0 Å². The van der Waals surface area contributed by atoms with Crippen molar-refractivity contribution in [3.63, 3.8) is 0 Å². The topological polar surface area (TPSA) is 99.5 Å². The van der Waals surface area contributed by atoms with E-state index in [1.165, 1.54) is 10.8 Å². The van der Waals surface area contributed by atoms with Gasteiger partial charge in [0.15, 0.2) is 0 Å². The van der Waals surface area contributed by atoms with Gasteiger partial charge in [-0.25, -0.2) is 9.97 Å². The van der Waals surface area contributed by atoms with E-state index in [9.17, 15) is 9.59 Å². The highest BCUT2D eigenvalue weighted by Gasteiger charge is 2.37. The first-order valence-electron chi connectivity index (χ1n) is 9.54. The number of piperidine rings is 1. The van der Waals surface area contributed by atoms with Crippen molar-refractivity contribution < 1.29 is 4.79 Å².